The topological polar surface area (TPSA) is 8.81 Å². The summed E-state index contributed by atoms with van der Waals surface area (Å²) in [6.07, 6.45) is 1.10. The van der Waals surface area contributed by atoms with Crippen LogP contribution in [-0.4, -0.2) is 4.57 Å². The maximum atomic E-state index is 6.35. The molecule has 0 aliphatic carbocycles. The number of halogens is 2. The largest absolute Gasteiger partial charge is 0.254 e. The van der Waals surface area contributed by atoms with Crippen LogP contribution in [0, 0.1) is 6.92 Å². The van der Waals surface area contributed by atoms with Gasteiger partial charge in [-0.05, 0) is 30.7 Å². The van der Waals surface area contributed by atoms with E-state index in [0.29, 0.717) is 16.6 Å². The molecule has 0 N–H and O–H groups in total. The second-order valence-corrected chi connectivity index (χ2v) is 6.29. The fourth-order valence-corrected chi connectivity index (χ4v) is 3.48. The fraction of sp³-hybridized carbons (Fsp3) is 0.278. The maximum absolute atomic E-state index is 6.35. The van der Waals surface area contributed by atoms with Crippen molar-refractivity contribution < 1.29 is 4.57 Å². The lowest BCUT2D eigenvalue weighted by molar-refractivity contribution is -0.669. The van der Waals surface area contributed by atoms with Crippen LogP contribution in [-0.2, 0) is 13.1 Å². The number of fused-ring (bicyclic) bond motifs is 1. The molecule has 3 aromatic rings. The van der Waals surface area contributed by atoms with E-state index < -0.39 is 0 Å². The van der Waals surface area contributed by atoms with Gasteiger partial charge in [-0.3, -0.25) is 0 Å². The second-order valence-electron chi connectivity index (χ2n) is 5.47. The maximum Gasteiger partial charge on any atom is 0.254 e. The van der Waals surface area contributed by atoms with E-state index in [4.69, 9.17) is 23.2 Å². The van der Waals surface area contributed by atoms with E-state index in [0.717, 1.165) is 18.5 Å². The third kappa shape index (κ3) is 2.62. The Labute approximate surface area is 140 Å². The molecule has 2 nitrogen and oxygen atoms in total. The van der Waals surface area contributed by atoms with Crippen molar-refractivity contribution in [3.05, 3.63) is 63.9 Å². The van der Waals surface area contributed by atoms with Crippen molar-refractivity contribution in [2.24, 2.45) is 0 Å². The minimum Gasteiger partial charge on any atom is -0.227 e. The number of aryl methyl sites for hydroxylation is 1. The van der Waals surface area contributed by atoms with Gasteiger partial charge in [-0.2, -0.15) is 0 Å². The summed E-state index contributed by atoms with van der Waals surface area (Å²) >= 11 is 12.7. The molecule has 0 radical (unpaired) electrons. The zero-order valence-corrected chi connectivity index (χ0v) is 14.3. The minimum atomic E-state index is 0.682. The van der Waals surface area contributed by atoms with Crippen LogP contribution in [0.2, 0.25) is 10.0 Å². The van der Waals surface area contributed by atoms with Crippen molar-refractivity contribution in [1.29, 1.82) is 0 Å². The first-order valence-electron chi connectivity index (χ1n) is 7.54. The van der Waals surface area contributed by atoms with Crippen LogP contribution < -0.4 is 4.57 Å². The van der Waals surface area contributed by atoms with E-state index in [9.17, 15) is 0 Å². The first-order valence-corrected chi connectivity index (χ1v) is 8.29. The molecular formula is C18H19Cl2N2+. The lowest BCUT2D eigenvalue weighted by atomic mass is 10.2. The molecule has 1 heterocycles. The lowest BCUT2D eigenvalue weighted by Crippen LogP contribution is -2.37. The van der Waals surface area contributed by atoms with Gasteiger partial charge in [0.15, 0.2) is 11.0 Å². The lowest BCUT2D eigenvalue weighted by Gasteiger charge is -2.06. The molecule has 0 amide bonds. The summed E-state index contributed by atoms with van der Waals surface area (Å²) < 4.78 is 4.65. The van der Waals surface area contributed by atoms with Crippen LogP contribution in [0.4, 0.5) is 0 Å². The minimum absolute atomic E-state index is 0.682. The second kappa shape index (κ2) is 6.31. The van der Waals surface area contributed by atoms with E-state index in [1.807, 2.05) is 18.2 Å². The Hall–Kier alpha value is -1.51. The Balaban J connectivity index is 2.17. The van der Waals surface area contributed by atoms with Crippen molar-refractivity contribution in [3.63, 3.8) is 0 Å². The SMILES string of the molecule is CCCn1c(C)[n+](Cc2c(Cl)cccc2Cl)c2ccccc21. The normalized spacial score (nSPS) is 11.3. The van der Waals surface area contributed by atoms with E-state index in [2.05, 4.69) is 47.2 Å². The van der Waals surface area contributed by atoms with Crippen molar-refractivity contribution in [3.8, 4) is 0 Å². The van der Waals surface area contributed by atoms with Gasteiger partial charge in [0, 0.05) is 22.5 Å². The molecule has 4 heteroatoms. The molecule has 0 saturated heterocycles. The zero-order valence-electron chi connectivity index (χ0n) is 12.8. The number of rotatable bonds is 4. The van der Waals surface area contributed by atoms with Crippen molar-refractivity contribution in [2.45, 2.75) is 33.4 Å². The average molecular weight is 334 g/mol. The van der Waals surface area contributed by atoms with Gasteiger partial charge in [0.2, 0.25) is 0 Å². The van der Waals surface area contributed by atoms with Crippen LogP contribution in [0.5, 0.6) is 0 Å². The Morgan fingerprint density at radius 2 is 1.68 bits per heavy atom. The smallest absolute Gasteiger partial charge is 0.227 e. The highest BCUT2D eigenvalue weighted by atomic mass is 35.5. The van der Waals surface area contributed by atoms with Gasteiger partial charge in [-0.25, -0.2) is 9.13 Å². The number of aromatic nitrogens is 2. The quantitative estimate of drug-likeness (QED) is 0.594. The monoisotopic (exact) mass is 333 g/mol. The van der Waals surface area contributed by atoms with Crippen LogP contribution in [0.1, 0.15) is 24.7 Å². The highest BCUT2D eigenvalue weighted by Crippen LogP contribution is 2.25. The first kappa shape index (κ1) is 15.4. The van der Waals surface area contributed by atoms with Crippen LogP contribution in [0.25, 0.3) is 11.0 Å². The predicted octanol–water partition coefficient (Wildman–Crippen LogP) is 5.00. The molecule has 0 aliphatic heterocycles. The standard InChI is InChI=1S/C18H19Cl2N2/c1-3-11-21-13(2)22(18-10-5-4-9-17(18)21)12-14-15(19)7-6-8-16(14)20/h4-10H,3,11-12H2,1-2H3/q+1. The van der Waals surface area contributed by atoms with Gasteiger partial charge in [-0.1, -0.05) is 48.3 Å². The molecule has 0 unspecified atom stereocenters. The summed E-state index contributed by atoms with van der Waals surface area (Å²) in [6.45, 7) is 6.04. The molecule has 0 aliphatic rings. The predicted molar refractivity (Wildman–Crippen MR) is 92.7 cm³/mol. The molecule has 0 saturated carbocycles. The van der Waals surface area contributed by atoms with E-state index in [1.54, 1.807) is 0 Å². The first-order chi connectivity index (χ1) is 10.6. The van der Waals surface area contributed by atoms with Crippen LogP contribution in [0.15, 0.2) is 42.5 Å². The molecule has 0 atom stereocenters. The summed E-state index contributed by atoms with van der Waals surface area (Å²) in [5, 5.41) is 1.43. The molecule has 22 heavy (non-hydrogen) atoms. The summed E-state index contributed by atoms with van der Waals surface area (Å²) in [5.74, 6) is 1.22. The molecule has 1 aromatic heterocycles. The Morgan fingerprint density at radius 3 is 2.36 bits per heavy atom. The van der Waals surface area contributed by atoms with Gasteiger partial charge in [0.1, 0.15) is 6.54 Å². The van der Waals surface area contributed by atoms with Gasteiger partial charge >= 0.3 is 0 Å². The van der Waals surface area contributed by atoms with Crippen molar-refractivity contribution >= 4 is 34.2 Å². The summed E-state index contributed by atoms with van der Waals surface area (Å²) in [7, 11) is 0. The van der Waals surface area contributed by atoms with Crippen LogP contribution in [0.3, 0.4) is 0 Å². The number of imidazole rings is 1. The molecule has 0 bridgehead atoms. The molecular weight excluding hydrogens is 315 g/mol. The molecule has 0 spiro atoms. The van der Waals surface area contributed by atoms with Gasteiger partial charge < -0.3 is 0 Å². The number of hydrogen-bond acceptors (Lipinski definition) is 0. The molecule has 114 valence electrons. The Bertz CT molecular complexity index is 801. The number of hydrogen-bond donors (Lipinski definition) is 0. The van der Waals surface area contributed by atoms with Crippen molar-refractivity contribution in [2.75, 3.05) is 0 Å². The summed E-state index contributed by atoms with van der Waals surface area (Å²) in [4.78, 5) is 0. The van der Waals surface area contributed by atoms with E-state index in [-0.39, 0.29) is 0 Å². The number of para-hydroxylation sites is 2. The molecule has 3 rings (SSSR count). The van der Waals surface area contributed by atoms with E-state index >= 15 is 0 Å². The highest BCUT2D eigenvalue weighted by Gasteiger charge is 2.22. The van der Waals surface area contributed by atoms with E-state index in [1.165, 1.54) is 16.9 Å². The third-order valence-electron chi connectivity index (χ3n) is 4.07. The number of benzene rings is 2. The van der Waals surface area contributed by atoms with Gasteiger partial charge in [0.25, 0.3) is 5.82 Å². The summed E-state index contributed by atoms with van der Waals surface area (Å²) in [5.41, 5.74) is 3.44. The van der Waals surface area contributed by atoms with Crippen molar-refractivity contribution in [1.82, 2.24) is 4.57 Å². The molecule has 0 fully saturated rings. The molecule has 2 aromatic carbocycles. The van der Waals surface area contributed by atoms with Crippen LogP contribution >= 0.6 is 23.2 Å². The highest BCUT2D eigenvalue weighted by molar-refractivity contribution is 6.35. The fourth-order valence-electron chi connectivity index (χ4n) is 2.96. The Morgan fingerprint density at radius 1 is 1.00 bits per heavy atom. The summed E-state index contributed by atoms with van der Waals surface area (Å²) in [6, 6.07) is 14.1. The average Bonchev–Trinajstić information content (AvgIpc) is 2.77. The van der Waals surface area contributed by atoms with Gasteiger partial charge in [0.05, 0.1) is 6.54 Å². The zero-order chi connectivity index (χ0) is 15.7. The van der Waals surface area contributed by atoms with Gasteiger partial charge in [-0.15, -0.1) is 0 Å². The third-order valence-corrected chi connectivity index (χ3v) is 4.78. The Kier molecular flexibility index (Phi) is 4.42. The number of nitrogens with zero attached hydrogens (tertiary/aromatic N) is 2.